The zero-order chi connectivity index (χ0) is 46.5. The molecule has 0 heterocycles. The Morgan fingerprint density at radius 3 is 1.03 bits per heavy atom. The Hall–Kier alpha value is -3.15. The minimum Gasteiger partial charge on any atom is -0.462 e. The summed E-state index contributed by atoms with van der Waals surface area (Å²) in [5.41, 5.74) is 0. The van der Waals surface area contributed by atoms with Gasteiger partial charge in [-0.1, -0.05) is 229 Å². The van der Waals surface area contributed by atoms with E-state index >= 15 is 0 Å². The maximum Gasteiger partial charge on any atom is 0.306 e. The highest BCUT2D eigenvalue weighted by Gasteiger charge is 2.19. The van der Waals surface area contributed by atoms with Crippen molar-refractivity contribution in [1.29, 1.82) is 0 Å². The van der Waals surface area contributed by atoms with Crippen LogP contribution in [0, 0.1) is 0 Å². The zero-order valence-corrected chi connectivity index (χ0v) is 42.0. The van der Waals surface area contributed by atoms with Crippen LogP contribution in [0.25, 0.3) is 0 Å². The first kappa shape index (κ1) is 60.9. The highest BCUT2D eigenvalue weighted by Crippen LogP contribution is 2.15. The molecule has 0 rings (SSSR count). The lowest BCUT2D eigenvalue weighted by Crippen LogP contribution is -2.30. The van der Waals surface area contributed by atoms with Gasteiger partial charge in [-0.2, -0.15) is 0 Å². The molecule has 0 aromatic rings. The molecule has 0 radical (unpaired) electrons. The third kappa shape index (κ3) is 49.9. The van der Waals surface area contributed by atoms with E-state index in [0.29, 0.717) is 19.3 Å². The lowest BCUT2D eigenvalue weighted by molar-refractivity contribution is -0.167. The number of rotatable bonds is 48. The normalized spacial score (nSPS) is 12.6. The molecule has 0 saturated carbocycles. The van der Waals surface area contributed by atoms with Crippen molar-refractivity contribution in [1.82, 2.24) is 0 Å². The van der Waals surface area contributed by atoms with Crippen molar-refractivity contribution in [2.45, 2.75) is 264 Å². The van der Waals surface area contributed by atoms with E-state index < -0.39 is 6.10 Å². The summed E-state index contributed by atoms with van der Waals surface area (Å²) in [6.07, 6.45) is 66.0. The molecular weight excluding hydrogens is 793 g/mol. The van der Waals surface area contributed by atoms with Gasteiger partial charge >= 0.3 is 17.9 Å². The molecule has 368 valence electrons. The molecule has 0 saturated heterocycles. The molecular formula is C58H100O6. The number of esters is 3. The van der Waals surface area contributed by atoms with E-state index in [9.17, 15) is 14.4 Å². The summed E-state index contributed by atoms with van der Waals surface area (Å²) in [6.45, 7) is 6.47. The SMILES string of the molecule is CC/C=C\C/C=C\C/C=C\C/C=C\C/C=C\CCCC(=O)OC[C@H](COC(=O)CCCCCCCCCCCCCC)OC(=O)CCCCCCCCC/C=C\CCCCCCCC. The fourth-order valence-corrected chi connectivity index (χ4v) is 7.41. The maximum atomic E-state index is 12.8. The summed E-state index contributed by atoms with van der Waals surface area (Å²) in [5, 5.41) is 0. The van der Waals surface area contributed by atoms with Gasteiger partial charge in [-0.15, -0.1) is 0 Å². The minimum atomic E-state index is -0.798. The number of carbonyl (C=O) groups is 3. The molecule has 0 bridgehead atoms. The standard InChI is InChI=1S/C58H100O6/c1-4-7-10-13-16-19-22-25-27-29-31-33-36-39-42-45-48-51-57(60)63-54-55(53-62-56(59)50-47-44-41-38-35-24-21-18-15-12-9-6-3)64-58(61)52-49-46-43-40-37-34-32-30-28-26-23-20-17-14-11-8-5-2/h7,10,16,19,25-28,31,33,39,42,55H,4-6,8-9,11-15,17-18,20-24,29-30,32,34-38,40-41,43-54H2,1-3H3/b10-7-,19-16-,27-25-,28-26-,33-31-,42-39-/t55-/m0/s1. The van der Waals surface area contributed by atoms with Crippen LogP contribution in [-0.2, 0) is 28.6 Å². The molecule has 0 aliphatic carbocycles. The quantitative estimate of drug-likeness (QED) is 0.0262. The van der Waals surface area contributed by atoms with Gasteiger partial charge in [0, 0.05) is 19.3 Å². The summed E-state index contributed by atoms with van der Waals surface area (Å²) in [7, 11) is 0. The zero-order valence-electron chi connectivity index (χ0n) is 42.0. The topological polar surface area (TPSA) is 78.9 Å². The molecule has 0 aromatic carbocycles. The Labute approximate surface area is 395 Å². The number of ether oxygens (including phenoxy) is 3. The smallest absolute Gasteiger partial charge is 0.306 e. The van der Waals surface area contributed by atoms with Crippen LogP contribution in [0.1, 0.15) is 258 Å². The van der Waals surface area contributed by atoms with Crippen molar-refractivity contribution >= 4 is 17.9 Å². The highest BCUT2D eigenvalue weighted by molar-refractivity contribution is 5.71. The van der Waals surface area contributed by atoms with Crippen molar-refractivity contribution in [2.24, 2.45) is 0 Å². The van der Waals surface area contributed by atoms with Crippen molar-refractivity contribution < 1.29 is 28.6 Å². The van der Waals surface area contributed by atoms with Crippen LogP contribution in [0.4, 0.5) is 0 Å². The van der Waals surface area contributed by atoms with Crippen LogP contribution in [0.15, 0.2) is 72.9 Å². The number of allylic oxidation sites excluding steroid dienone is 12. The van der Waals surface area contributed by atoms with Crippen LogP contribution in [0.3, 0.4) is 0 Å². The second-order valence-electron chi connectivity index (χ2n) is 17.8. The summed E-state index contributed by atoms with van der Waals surface area (Å²) < 4.78 is 16.8. The van der Waals surface area contributed by atoms with Gasteiger partial charge in [0.1, 0.15) is 13.2 Å². The van der Waals surface area contributed by atoms with Crippen LogP contribution in [0.2, 0.25) is 0 Å². The summed E-state index contributed by atoms with van der Waals surface area (Å²) in [6, 6.07) is 0. The Morgan fingerprint density at radius 2 is 0.625 bits per heavy atom. The summed E-state index contributed by atoms with van der Waals surface area (Å²) in [4.78, 5) is 38.0. The van der Waals surface area contributed by atoms with Gasteiger partial charge in [0.15, 0.2) is 6.10 Å². The summed E-state index contributed by atoms with van der Waals surface area (Å²) in [5.74, 6) is -0.953. The predicted octanol–water partition coefficient (Wildman–Crippen LogP) is 17.8. The van der Waals surface area contributed by atoms with Gasteiger partial charge in [-0.05, 0) is 83.5 Å². The Kier molecular flexibility index (Phi) is 49.9. The molecule has 64 heavy (non-hydrogen) atoms. The largest absolute Gasteiger partial charge is 0.462 e. The van der Waals surface area contributed by atoms with Gasteiger partial charge in [0.05, 0.1) is 0 Å². The van der Waals surface area contributed by atoms with E-state index in [1.807, 2.05) is 0 Å². The third-order valence-corrected chi connectivity index (χ3v) is 11.4. The number of carbonyl (C=O) groups excluding carboxylic acids is 3. The lowest BCUT2D eigenvalue weighted by Gasteiger charge is -2.18. The molecule has 0 spiro atoms. The summed E-state index contributed by atoms with van der Waals surface area (Å²) >= 11 is 0. The first-order valence-corrected chi connectivity index (χ1v) is 26.9. The Balaban J connectivity index is 4.46. The molecule has 0 aromatic heterocycles. The lowest BCUT2D eigenvalue weighted by atomic mass is 10.0. The highest BCUT2D eigenvalue weighted by atomic mass is 16.6. The molecule has 0 amide bonds. The van der Waals surface area contributed by atoms with Crippen molar-refractivity contribution in [3.8, 4) is 0 Å². The second-order valence-corrected chi connectivity index (χ2v) is 17.8. The van der Waals surface area contributed by atoms with Crippen molar-refractivity contribution in [2.75, 3.05) is 13.2 Å². The monoisotopic (exact) mass is 893 g/mol. The first-order valence-electron chi connectivity index (χ1n) is 26.9. The van der Waals surface area contributed by atoms with Gasteiger partial charge in [0.2, 0.25) is 0 Å². The maximum absolute atomic E-state index is 12.8. The minimum absolute atomic E-state index is 0.0929. The average Bonchev–Trinajstić information content (AvgIpc) is 3.29. The van der Waals surface area contributed by atoms with Crippen LogP contribution in [-0.4, -0.2) is 37.2 Å². The van der Waals surface area contributed by atoms with Gasteiger partial charge in [-0.3, -0.25) is 14.4 Å². The van der Waals surface area contributed by atoms with Gasteiger partial charge < -0.3 is 14.2 Å². The Bertz CT molecular complexity index is 1210. The molecule has 0 fully saturated rings. The van der Waals surface area contributed by atoms with E-state index in [0.717, 1.165) is 77.0 Å². The molecule has 6 heteroatoms. The third-order valence-electron chi connectivity index (χ3n) is 11.4. The molecule has 6 nitrogen and oxygen atoms in total. The van der Waals surface area contributed by atoms with E-state index in [1.165, 1.54) is 135 Å². The number of hydrogen-bond acceptors (Lipinski definition) is 6. The Morgan fingerprint density at radius 1 is 0.328 bits per heavy atom. The molecule has 0 aliphatic heterocycles. The van der Waals surface area contributed by atoms with Crippen molar-refractivity contribution in [3.05, 3.63) is 72.9 Å². The molecule has 1 atom stereocenters. The van der Waals surface area contributed by atoms with Crippen LogP contribution >= 0.6 is 0 Å². The predicted molar refractivity (Wildman–Crippen MR) is 274 cm³/mol. The van der Waals surface area contributed by atoms with Crippen LogP contribution < -0.4 is 0 Å². The van der Waals surface area contributed by atoms with Gasteiger partial charge in [-0.25, -0.2) is 0 Å². The van der Waals surface area contributed by atoms with E-state index in [2.05, 4.69) is 93.7 Å². The van der Waals surface area contributed by atoms with E-state index in [-0.39, 0.29) is 37.5 Å². The van der Waals surface area contributed by atoms with Crippen LogP contribution in [0.5, 0.6) is 0 Å². The number of hydrogen-bond donors (Lipinski definition) is 0. The molecule has 0 N–H and O–H groups in total. The van der Waals surface area contributed by atoms with Gasteiger partial charge in [0.25, 0.3) is 0 Å². The first-order chi connectivity index (χ1) is 31.5. The number of unbranched alkanes of at least 4 members (excludes halogenated alkanes) is 25. The average molecular weight is 893 g/mol. The second kappa shape index (κ2) is 52.5. The molecule has 0 aliphatic rings. The fourth-order valence-electron chi connectivity index (χ4n) is 7.41. The molecule has 0 unspecified atom stereocenters. The van der Waals surface area contributed by atoms with Crippen molar-refractivity contribution in [3.63, 3.8) is 0 Å². The fraction of sp³-hybridized carbons (Fsp3) is 0.741. The van der Waals surface area contributed by atoms with E-state index in [1.54, 1.807) is 0 Å². The van der Waals surface area contributed by atoms with E-state index in [4.69, 9.17) is 14.2 Å².